The Labute approximate surface area is 135 Å². The number of sulfonamides is 1. The molecule has 0 bridgehead atoms. The van der Waals surface area contributed by atoms with Gasteiger partial charge in [0, 0.05) is 13.0 Å². The highest BCUT2D eigenvalue weighted by molar-refractivity contribution is 7.89. The Balaban J connectivity index is 1.75. The quantitative estimate of drug-likeness (QED) is 0.741. The second kappa shape index (κ2) is 8.09. The Morgan fingerprint density at radius 1 is 1.18 bits per heavy atom. The number of quaternary nitrogens is 1. The van der Waals surface area contributed by atoms with Crippen molar-refractivity contribution >= 4 is 10.0 Å². The third-order valence-electron chi connectivity index (χ3n) is 4.62. The minimum atomic E-state index is -3.36. The van der Waals surface area contributed by atoms with Crippen LogP contribution in [0.1, 0.15) is 38.7 Å². The first-order valence-electron chi connectivity index (χ1n) is 8.43. The van der Waals surface area contributed by atoms with Gasteiger partial charge in [0.15, 0.2) is 0 Å². The van der Waals surface area contributed by atoms with Crippen molar-refractivity contribution in [2.24, 2.45) is 5.92 Å². The topological polar surface area (TPSA) is 50.6 Å². The molecule has 2 N–H and O–H groups in total. The SMILES string of the molecule is CCc1ccc(S(=O)(=O)NCCC[NH+]2CCC(C)CC2)cc1. The first-order valence-corrected chi connectivity index (χ1v) is 9.91. The van der Waals surface area contributed by atoms with Gasteiger partial charge in [-0.15, -0.1) is 0 Å². The fourth-order valence-corrected chi connectivity index (χ4v) is 4.03. The fourth-order valence-electron chi connectivity index (χ4n) is 2.95. The lowest BCUT2D eigenvalue weighted by Gasteiger charge is -2.27. The molecule has 0 saturated carbocycles. The molecule has 0 amide bonds. The summed E-state index contributed by atoms with van der Waals surface area (Å²) in [5.41, 5.74) is 1.15. The Hall–Kier alpha value is -0.910. The first-order chi connectivity index (χ1) is 10.5. The Bertz CT molecular complexity index is 547. The molecule has 4 nitrogen and oxygen atoms in total. The lowest BCUT2D eigenvalue weighted by molar-refractivity contribution is -0.906. The van der Waals surface area contributed by atoms with E-state index in [9.17, 15) is 8.42 Å². The van der Waals surface area contributed by atoms with Crippen LogP contribution in [0.15, 0.2) is 29.2 Å². The summed E-state index contributed by atoms with van der Waals surface area (Å²) in [5, 5.41) is 0. The minimum Gasteiger partial charge on any atom is -0.335 e. The maximum atomic E-state index is 12.2. The minimum absolute atomic E-state index is 0.365. The summed E-state index contributed by atoms with van der Waals surface area (Å²) in [6.07, 6.45) is 4.41. The molecule has 1 saturated heterocycles. The molecule has 0 spiro atoms. The number of hydrogen-bond donors (Lipinski definition) is 2. The van der Waals surface area contributed by atoms with Crippen molar-refractivity contribution < 1.29 is 13.3 Å². The van der Waals surface area contributed by atoms with Gasteiger partial charge in [-0.25, -0.2) is 13.1 Å². The van der Waals surface area contributed by atoms with E-state index in [1.54, 1.807) is 17.0 Å². The molecule has 0 atom stereocenters. The zero-order valence-electron chi connectivity index (χ0n) is 13.8. The van der Waals surface area contributed by atoms with Crippen molar-refractivity contribution in [3.8, 4) is 0 Å². The zero-order chi connectivity index (χ0) is 16.0. The molecule has 0 aliphatic carbocycles. The Morgan fingerprint density at radius 3 is 2.41 bits per heavy atom. The predicted octanol–water partition coefficient (Wildman–Crippen LogP) is 1.23. The number of rotatable bonds is 7. The van der Waals surface area contributed by atoms with Crippen LogP contribution in [0.25, 0.3) is 0 Å². The van der Waals surface area contributed by atoms with E-state index >= 15 is 0 Å². The summed E-state index contributed by atoms with van der Waals surface area (Å²) in [4.78, 5) is 1.98. The van der Waals surface area contributed by atoms with Crippen molar-refractivity contribution in [3.63, 3.8) is 0 Å². The molecule has 1 aliphatic rings. The van der Waals surface area contributed by atoms with E-state index in [-0.39, 0.29) is 0 Å². The highest BCUT2D eigenvalue weighted by Gasteiger charge is 2.19. The van der Waals surface area contributed by atoms with Gasteiger partial charge < -0.3 is 4.90 Å². The van der Waals surface area contributed by atoms with Crippen molar-refractivity contribution in [2.75, 3.05) is 26.2 Å². The third kappa shape index (κ3) is 5.07. The van der Waals surface area contributed by atoms with Crippen molar-refractivity contribution in [3.05, 3.63) is 29.8 Å². The van der Waals surface area contributed by atoms with Gasteiger partial charge in [0.2, 0.25) is 10.0 Å². The summed E-state index contributed by atoms with van der Waals surface area (Å²) >= 11 is 0. The van der Waals surface area contributed by atoms with Crippen LogP contribution in [-0.2, 0) is 16.4 Å². The summed E-state index contributed by atoms with van der Waals surface area (Å²) in [5.74, 6) is 0.855. The van der Waals surface area contributed by atoms with Crippen LogP contribution in [0.2, 0.25) is 0 Å². The molecule has 0 unspecified atom stereocenters. The Kier molecular flexibility index (Phi) is 6.41. The molecule has 22 heavy (non-hydrogen) atoms. The highest BCUT2D eigenvalue weighted by atomic mass is 32.2. The molecule has 1 aliphatic heterocycles. The lowest BCUT2D eigenvalue weighted by Crippen LogP contribution is -3.13. The van der Waals surface area contributed by atoms with Crippen LogP contribution in [0.3, 0.4) is 0 Å². The van der Waals surface area contributed by atoms with Gasteiger partial charge in [0.25, 0.3) is 0 Å². The monoisotopic (exact) mass is 325 g/mol. The van der Waals surface area contributed by atoms with Crippen LogP contribution in [0, 0.1) is 5.92 Å². The van der Waals surface area contributed by atoms with Crippen LogP contribution in [0.4, 0.5) is 0 Å². The molecule has 0 radical (unpaired) electrons. The third-order valence-corrected chi connectivity index (χ3v) is 6.10. The standard InChI is InChI=1S/C17H28N2O2S/c1-3-16-5-7-17(8-6-16)22(20,21)18-11-4-12-19-13-9-15(2)10-14-19/h5-8,15,18H,3-4,9-14H2,1-2H3/p+1. The number of piperidine rings is 1. The summed E-state index contributed by atoms with van der Waals surface area (Å²) < 4.78 is 27.1. The lowest BCUT2D eigenvalue weighted by atomic mass is 9.99. The van der Waals surface area contributed by atoms with Crippen LogP contribution < -0.4 is 9.62 Å². The van der Waals surface area contributed by atoms with E-state index in [1.807, 2.05) is 12.1 Å². The van der Waals surface area contributed by atoms with Gasteiger partial charge >= 0.3 is 0 Å². The molecule has 1 fully saturated rings. The highest BCUT2D eigenvalue weighted by Crippen LogP contribution is 2.10. The van der Waals surface area contributed by atoms with E-state index in [1.165, 1.54) is 25.9 Å². The molecule has 5 heteroatoms. The maximum absolute atomic E-state index is 12.2. The summed E-state index contributed by atoms with van der Waals surface area (Å²) in [7, 11) is -3.36. The molecular weight excluding hydrogens is 296 g/mol. The molecule has 1 aromatic rings. The Morgan fingerprint density at radius 2 is 1.82 bits per heavy atom. The number of hydrogen-bond acceptors (Lipinski definition) is 2. The number of nitrogens with one attached hydrogen (secondary N) is 2. The molecule has 2 rings (SSSR count). The second-order valence-corrected chi connectivity index (χ2v) is 8.20. The second-order valence-electron chi connectivity index (χ2n) is 6.43. The number of benzene rings is 1. The summed E-state index contributed by atoms with van der Waals surface area (Å²) in [6, 6.07) is 7.15. The molecule has 1 aromatic carbocycles. The fraction of sp³-hybridized carbons (Fsp3) is 0.647. The van der Waals surface area contributed by atoms with Crippen LogP contribution in [-0.4, -0.2) is 34.6 Å². The van der Waals surface area contributed by atoms with E-state index in [0.717, 1.165) is 30.9 Å². The van der Waals surface area contributed by atoms with E-state index in [2.05, 4.69) is 18.6 Å². The smallest absolute Gasteiger partial charge is 0.240 e. The molecule has 1 heterocycles. The van der Waals surface area contributed by atoms with Crippen LogP contribution in [0.5, 0.6) is 0 Å². The van der Waals surface area contributed by atoms with E-state index in [0.29, 0.717) is 11.4 Å². The molecular formula is C17H29N2O2S+. The molecule has 0 aromatic heterocycles. The average molecular weight is 325 g/mol. The predicted molar refractivity (Wildman–Crippen MR) is 89.6 cm³/mol. The van der Waals surface area contributed by atoms with Crippen LogP contribution >= 0.6 is 0 Å². The van der Waals surface area contributed by atoms with Crippen molar-refractivity contribution in [2.45, 2.75) is 44.4 Å². The zero-order valence-corrected chi connectivity index (χ0v) is 14.6. The normalized spacial score (nSPS) is 22.6. The van der Waals surface area contributed by atoms with Gasteiger partial charge in [-0.2, -0.15) is 0 Å². The summed E-state index contributed by atoms with van der Waals surface area (Å²) in [6.45, 7) is 8.42. The number of aryl methyl sites for hydroxylation is 1. The van der Waals surface area contributed by atoms with Crippen molar-refractivity contribution in [1.29, 1.82) is 0 Å². The maximum Gasteiger partial charge on any atom is 0.240 e. The average Bonchev–Trinajstić information content (AvgIpc) is 2.53. The van der Waals surface area contributed by atoms with E-state index in [4.69, 9.17) is 0 Å². The molecule has 124 valence electrons. The van der Waals surface area contributed by atoms with Gasteiger partial charge in [-0.3, -0.25) is 0 Å². The van der Waals surface area contributed by atoms with Crippen molar-refractivity contribution in [1.82, 2.24) is 4.72 Å². The van der Waals surface area contributed by atoms with Gasteiger partial charge in [-0.1, -0.05) is 26.0 Å². The first kappa shape index (κ1) is 17.4. The number of likely N-dealkylation sites (tertiary alicyclic amines) is 1. The van der Waals surface area contributed by atoms with E-state index < -0.39 is 10.0 Å². The van der Waals surface area contributed by atoms with Gasteiger partial charge in [-0.05, 0) is 42.9 Å². The van der Waals surface area contributed by atoms with Gasteiger partial charge in [0.1, 0.15) is 0 Å². The van der Waals surface area contributed by atoms with Gasteiger partial charge in [0.05, 0.1) is 24.5 Å². The largest absolute Gasteiger partial charge is 0.335 e.